The third-order valence-corrected chi connectivity index (χ3v) is 3.55. The topological polar surface area (TPSA) is 32.3 Å². The molecule has 1 aromatic carbocycles. The lowest BCUT2D eigenvalue weighted by Crippen LogP contribution is -2.41. The van der Waals surface area contributed by atoms with Gasteiger partial charge in [-0.1, -0.05) is 25.5 Å². The number of aromatic hydroxyl groups is 1. The first-order chi connectivity index (χ1) is 7.79. The molecule has 0 radical (unpaired) electrons. The smallest absolute Gasteiger partial charge is 0.115 e. The summed E-state index contributed by atoms with van der Waals surface area (Å²) in [5.41, 5.74) is 1.23. The van der Waals surface area contributed by atoms with Crippen LogP contribution in [0, 0.1) is 5.92 Å². The first-order valence-electron chi connectivity index (χ1n) is 6.31. The first-order valence-corrected chi connectivity index (χ1v) is 6.31. The van der Waals surface area contributed by atoms with Gasteiger partial charge in [0.25, 0.3) is 0 Å². The van der Waals surface area contributed by atoms with E-state index in [2.05, 4.69) is 18.3 Å². The van der Waals surface area contributed by atoms with Gasteiger partial charge in [0.15, 0.2) is 0 Å². The van der Waals surface area contributed by atoms with Crippen LogP contribution in [0.3, 0.4) is 0 Å². The quantitative estimate of drug-likeness (QED) is 0.798. The van der Waals surface area contributed by atoms with Crippen LogP contribution in [0.4, 0.5) is 0 Å². The molecule has 2 nitrogen and oxygen atoms in total. The highest BCUT2D eigenvalue weighted by atomic mass is 16.3. The Morgan fingerprint density at radius 3 is 2.81 bits per heavy atom. The lowest BCUT2D eigenvalue weighted by Gasteiger charge is -2.34. The molecule has 1 aromatic rings. The molecule has 1 fully saturated rings. The zero-order valence-electron chi connectivity index (χ0n) is 9.95. The molecule has 16 heavy (non-hydrogen) atoms. The molecular formula is C14H21NO. The Hall–Kier alpha value is -1.02. The molecule has 0 amide bonds. The van der Waals surface area contributed by atoms with Gasteiger partial charge >= 0.3 is 0 Å². The Morgan fingerprint density at radius 2 is 2.25 bits per heavy atom. The van der Waals surface area contributed by atoms with Gasteiger partial charge in [0.2, 0.25) is 0 Å². The molecule has 0 saturated heterocycles. The Kier molecular flexibility index (Phi) is 3.83. The predicted octanol–water partition coefficient (Wildman–Crippen LogP) is 2.71. The van der Waals surface area contributed by atoms with Gasteiger partial charge in [-0.15, -0.1) is 0 Å². The fourth-order valence-corrected chi connectivity index (χ4v) is 2.45. The Bertz CT molecular complexity index is 333. The highest BCUT2D eigenvalue weighted by Crippen LogP contribution is 2.31. The zero-order chi connectivity index (χ0) is 11.4. The molecule has 1 atom stereocenters. The molecule has 2 N–H and O–H groups in total. The summed E-state index contributed by atoms with van der Waals surface area (Å²) in [7, 11) is 0. The minimum atomic E-state index is 0.376. The molecule has 1 aliphatic carbocycles. The maximum Gasteiger partial charge on any atom is 0.115 e. The van der Waals surface area contributed by atoms with E-state index in [0.29, 0.717) is 11.8 Å². The molecule has 1 aliphatic rings. The van der Waals surface area contributed by atoms with Gasteiger partial charge in [-0.05, 0) is 49.4 Å². The number of hydrogen-bond acceptors (Lipinski definition) is 2. The minimum Gasteiger partial charge on any atom is -0.508 e. The summed E-state index contributed by atoms with van der Waals surface area (Å²) in [5.74, 6) is 1.21. The summed E-state index contributed by atoms with van der Waals surface area (Å²) in [4.78, 5) is 0. The second-order valence-corrected chi connectivity index (χ2v) is 4.73. The van der Waals surface area contributed by atoms with Crippen LogP contribution >= 0.6 is 0 Å². The maximum atomic E-state index is 9.45. The van der Waals surface area contributed by atoms with Crippen LogP contribution < -0.4 is 5.32 Å². The van der Waals surface area contributed by atoms with Crippen LogP contribution in [0.5, 0.6) is 5.75 Å². The molecule has 1 saturated carbocycles. The number of phenolic OH excluding ortho intramolecular Hbond substituents is 1. The van der Waals surface area contributed by atoms with Crippen molar-refractivity contribution in [3.63, 3.8) is 0 Å². The first kappa shape index (κ1) is 11.5. The van der Waals surface area contributed by atoms with Gasteiger partial charge in [0.05, 0.1) is 0 Å². The van der Waals surface area contributed by atoms with E-state index in [1.54, 1.807) is 6.07 Å². The second-order valence-electron chi connectivity index (χ2n) is 4.73. The fraction of sp³-hybridized carbons (Fsp3) is 0.571. The van der Waals surface area contributed by atoms with Crippen molar-refractivity contribution in [2.45, 2.75) is 38.6 Å². The van der Waals surface area contributed by atoms with E-state index in [1.807, 2.05) is 12.1 Å². The third kappa shape index (κ3) is 2.76. The van der Waals surface area contributed by atoms with E-state index in [-0.39, 0.29) is 0 Å². The van der Waals surface area contributed by atoms with Crippen molar-refractivity contribution < 1.29 is 5.11 Å². The Balaban J connectivity index is 1.98. The lowest BCUT2D eigenvalue weighted by molar-refractivity contribution is 0.229. The molecule has 1 unspecified atom stereocenters. The molecule has 0 heterocycles. The Labute approximate surface area is 97.7 Å². The van der Waals surface area contributed by atoms with Crippen molar-refractivity contribution in [1.82, 2.24) is 5.32 Å². The van der Waals surface area contributed by atoms with Crippen LogP contribution in [0.2, 0.25) is 0 Å². The van der Waals surface area contributed by atoms with Crippen molar-refractivity contribution in [2.24, 2.45) is 5.92 Å². The summed E-state index contributed by atoms with van der Waals surface area (Å²) in [6.07, 6.45) is 5.13. The van der Waals surface area contributed by atoms with Gasteiger partial charge < -0.3 is 10.4 Å². The molecule has 0 aromatic heterocycles. The normalized spacial score (nSPS) is 18.1. The van der Waals surface area contributed by atoms with Crippen LogP contribution in [0.1, 0.15) is 31.7 Å². The number of phenols is 1. The van der Waals surface area contributed by atoms with Crippen molar-refractivity contribution in [3.05, 3.63) is 29.8 Å². The molecule has 0 bridgehead atoms. The van der Waals surface area contributed by atoms with Crippen molar-refractivity contribution in [2.75, 3.05) is 6.54 Å². The van der Waals surface area contributed by atoms with Gasteiger partial charge in [0.1, 0.15) is 5.75 Å². The molecular weight excluding hydrogens is 198 g/mol. The standard InChI is InChI=1S/C14H21NO/c1-2-15-14(12-6-4-7-12)10-11-5-3-8-13(16)9-11/h3,5,8-9,12,14-16H,2,4,6-7,10H2,1H3. The summed E-state index contributed by atoms with van der Waals surface area (Å²) in [6.45, 7) is 3.19. The predicted molar refractivity (Wildman–Crippen MR) is 66.6 cm³/mol. The van der Waals surface area contributed by atoms with E-state index in [9.17, 15) is 5.11 Å². The third-order valence-electron chi connectivity index (χ3n) is 3.55. The highest BCUT2D eigenvalue weighted by Gasteiger charge is 2.26. The van der Waals surface area contributed by atoms with Crippen LogP contribution in [-0.4, -0.2) is 17.7 Å². The van der Waals surface area contributed by atoms with Crippen LogP contribution in [0.25, 0.3) is 0 Å². The van der Waals surface area contributed by atoms with Gasteiger partial charge in [-0.3, -0.25) is 0 Å². The highest BCUT2D eigenvalue weighted by molar-refractivity contribution is 5.27. The monoisotopic (exact) mass is 219 g/mol. The number of hydrogen-bond donors (Lipinski definition) is 2. The van der Waals surface area contributed by atoms with Gasteiger partial charge in [-0.25, -0.2) is 0 Å². The maximum absolute atomic E-state index is 9.45. The SMILES string of the molecule is CCNC(Cc1cccc(O)c1)C1CCC1. The van der Waals surface area contributed by atoms with E-state index in [1.165, 1.54) is 24.8 Å². The zero-order valence-corrected chi connectivity index (χ0v) is 9.95. The lowest BCUT2D eigenvalue weighted by atomic mass is 9.77. The van der Waals surface area contributed by atoms with Crippen molar-refractivity contribution >= 4 is 0 Å². The number of rotatable bonds is 5. The van der Waals surface area contributed by atoms with Gasteiger partial charge in [0, 0.05) is 6.04 Å². The average molecular weight is 219 g/mol. The summed E-state index contributed by atoms with van der Waals surface area (Å²) < 4.78 is 0. The average Bonchev–Trinajstić information content (AvgIpc) is 2.15. The summed E-state index contributed by atoms with van der Waals surface area (Å²) in [5, 5.41) is 13.0. The van der Waals surface area contributed by atoms with Crippen LogP contribution in [0.15, 0.2) is 24.3 Å². The molecule has 2 heteroatoms. The fourth-order valence-electron chi connectivity index (χ4n) is 2.45. The second kappa shape index (κ2) is 5.35. The van der Waals surface area contributed by atoms with E-state index in [0.717, 1.165) is 18.9 Å². The largest absolute Gasteiger partial charge is 0.508 e. The summed E-state index contributed by atoms with van der Waals surface area (Å²) in [6, 6.07) is 8.22. The van der Waals surface area contributed by atoms with E-state index < -0.39 is 0 Å². The molecule has 88 valence electrons. The summed E-state index contributed by atoms with van der Waals surface area (Å²) >= 11 is 0. The van der Waals surface area contributed by atoms with Crippen LogP contribution in [-0.2, 0) is 6.42 Å². The molecule has 2 rings (SSSR count). The van der Waals surface area contributed by atoms with Gasteiger partial charge in [-0.2, -0.15) is 0 Å². The van der Waals surface area contributed by atoms with Crippen molar-refractivity contribution in [1.29, 1.82) is 0 Å². The number of likely N-dealkylation sites (N-methyl/N-ethyl adjacent to an activating group) is 1. The molecule has 0 spiro atoms. The Morgan fingerprint density at radius 1 is 1.44 bits per heavy atom. The minimum absolute atomic E-state index is 0.376. The van der Waals surface area contributed by atoms with E-state index in [4.69, 9.17) is 0 Å². The number of nitrogens with one attached hydrogen (secondary N) is 1. The molecule has 0 aliphatic heterocycles. The number of benzene rings is 1. The van der Waals surface area contributed by atoms with E-state index >= 15 is 0 Å². The van der Waals surface area contributed by atoms with Crippen molar-refractivity contribution in [3.8, 4) is 5.75 Å².